The fourth-order valence-electron chi connectivity index (χ4n) is 2.63. The topological polar surface area (TPSA) is 93.2 Å². The second kappa shape index (κ2) is 8.65. The van der Waals surface area contributed by atoms with Crippen molar-refractivity contribution in [3.63, 3.8) is 0 Å². The summed E-state index contributed by atoms with van der Waals surface area (Å²) in [4.78, 5) is 51.2. The molecule has 0 saturated carbocycles. The van der Waals surface area contributed by atoms with Crippen LogP contribution in [-0.2, 0) is 28.7 Å². The second-order valence-corrected chi connectivity index (χ2v) is 5.91. The normalized spacial score (nSPS) is 17.8. The van der Waals surface area contributed by atoms with E-state index in [0.717, 1.165) is 0 Å². The molecule has 24 heavy (non-hydrogen) atoms. The van der Waals surface area contributed by atoms with Crippen molar-refractivity contribution < 1.29 is 28.7 Å². The molecule has 1 aliphatic rings. The summed E-state index contributed by atoms with van der Waals surface area (Å²) < 4.78 is 9.91. The van der Waals surface area contributed by atoms with Gasteiger partial charge < -0.3 is 19.3 Å². The summed E-state index contributed by atoms with van der Waals surface area (Å²) in [6.45, 7) is 8.31. The quantitative estimate of drug-likeness (QED) is 0.614. The molecule has 1 rings (SSSR count). The van der Waals surface area contributed by atoms with Crippen LogP contribution in [0.2, 0.25) is 0 Å². The molecule has 0 bridgehead atoms. The fourth-order valence-corrected chi connectivity index (χ4v) is 2.63. The predicted octanol–water partition coefficient (Wildman–Crippen LogP) is 0.197. The Labute approximate surface area is 142 Å². The summed E-state index contributed by atoms with van der Waals surface area (Å²) in [5.41, 5.74) is 0. The van der Waals surface area contributed by atoms with Gasteiger partial charge in [-0.1, -0.05) is 13.8 Å². The lowest BCUT2D eigenvalue weighted by molar-refractivity contribution is -0.168. The molecule has 0 radical (unpaired) electrons. The average Bonchev–Trinajstić information content (AvgIpc) is 2.50. The molecule has 1 heterocycles. The van der Waals surface area contributed by atoms with E-state index >= 15 is 0 Å². The molecule has 1 fully saturated rings. The molecular weight excluding hydrogens is 316 g/mol. The minimum atomic E-state index is -0.844. The van der Waals surface area contributed by atoms with Crippen LogP contribution in [0.25, 0.3) is 0 Å². The standard InChI is InChI=1S/C16H26N2O6/c1-6-23-15(21)11(5)17-8-13(20)18(9-12(17)19)14(10(3)4)16(22)24-7-2/h10-11,14H,6-9H2,1-5H3/t11-,14-/m0/s1. The average molecular weight is 342 g/mol. The van der Waals surface area contributed by atoms with E-state index in [4.69, 9.17) is 9.47 Å². The molecule has 0 aromatic carbocycles. The van der Waals surface area contributed by atoms with Crippen LogP contribution in [-0.4, -0.2) is 71.9 Å². The van der Waals surface area contributed by atoms with Crippen LogP contribution < -0.4 is 0 Å². The van der Waals surface area contributed by atoms with E-state index in [1.165, 1.54) is 16.7 Å². The van der Waals surface area contributed by atoms with Crippen molar-refractivity contribution in [1.29, 1.82) is 0 Å². The Balaban J connectivity index is 2.91. The zero-order chi connectivity index (χ0) is 18.4. The van der Waals surface area contributed by atoms with E-state index in [0.29, 0.717) is 0 Å². The third-order valence-corrected chi connectivity index (χ3v) is 3.84. The number of rotatable bonds is 7. The zero-order valence-corrected chi connectivity index (χ0v) is 14.9. The Morgan fingerprint density at radius 2 is 1.38 bits per heavy atom. The molecule has 0 aromatic rings. The summed E-state index contributed by atoms with van der Waals surface area (Å²) in [7, 11) is 0. The number of amides is 2. The molecule has 0 aromatic heterocycles. The van der Waals surface area contributed by atoms with E-state index in [1.54, 1.807) is 27.7 Å². The largest absolute Gasteiger partial charge is 0.464 e. The van der Waals surface area contributed by atoms with Crippen LogP contribution in [0.15, 0.2) is 0 Å². The van der Waals surface area contributed by atoms with E-state index in [-0.39, 0.29) is 32.2 Å². The molecule has 0 spiro atoms. The maximum Gasteiger partial charge on any atom is 0.329 e. The lowest BCUT2D eigenvalue weighted by Gasteiger charge is -2.40. The van der Waals surface area contributed by atoms with Crippen LogP contribution in [0.5, 0.6) is 0 Å². The first-order valence-corrected chi connectivity index (χ1v) is 8.16. The van der Waals surface area contributed by atoms with Gasteiger partial charge in [-0.15, -0.1) is 0 Å². The number of carbonyl (C=O) groups is 4. The maximum atomic E-state index is 12.5. The Morgan fingerprint density at radius 1 is 0.917 bits per heavy atom. The minimum Gasteiger partial charge on any atom is -0.464 e. The van der Waals surface area contributed by atoms with Crippen molar-refractivity contribution in [1.82, 2.24) is 9.80 Å². The molecule has 0 aliphatic carbocycles. The van der Waals surface area contributed by atoms with Crippen LogP contribution in [0.1, 0.15) is 34.6 Å². The lowest BCUT2D eigenvalue weighted by Crippen LogP contribution is -2.62. The maximum absolute atomic E-state index is 12.5. The van der Waals surface area contributed by atoms with E-state index in [9.17, 15) is 19.2 Å². The summed E-state index contributed by atoms with van der Waals surface area (Å²) >= 11 is 0. The zero-order valence-electron chi connectivity index (χ0n) is 14.9. The summed E-state index contributed by atoms with van der Waals surface area (Å²) in [5.74, 6) is -2.07. The van der Waals surface area contributed by atoms with Crippen LogP contribution >= 0.6 is 0 Å². The molecule has 1 aliphatic heterocycles. The van der Waals surface area contributed by atoms with Gasteiger partial charge in [0.25, 0.3) is 0 Å². The molecule has 2 amide bonds. The van der Waals surface area contributed by atoms with E-state index in [1.807, 2.05) is 0 Å². The molecule has 2 atom stereocenters. The van der Waals surface area contributed by atoms with Gasteiger partial charge in [-0.25, -0.2) is 9.59 Å². The molecule has 136 valence electrons. The highest BCUT2D eigenvalue weighted by Crippen LogP contribution is 2.18. The predicted molar refractivity (Wildman–Crippen MR) is 84.8 cm³/mol. The molecule has 8 heteroatoms. The van der Waals surface area contributed by atoms with Crippen LogP contribution in [0.4, 0.5) is 0 Å². The molecule has 1 saturated heterocycles. The number of carbonyl (C=O) groups excluding carboxylic acids is 4. The van der Waals surface area contributed by atoms with Crippen LogP contribution in [0.3, 0.4) is 0 Å². The highest BCUT2D eigenvalue weighted by Gasteiger charge is 2.42. The highest BCUT2D eigenvalue weighted by molar-refractivity contribution is 5.97. The van der Waals surface area contributed by atoms with Gasteiger partial charge in [0.05, 0.1) is 13.2 Å². The first-order valence-electron chi connectivity index (χ1n) is 8.16. The van der Waals surface area contributed by atoms with Crippen molar-refractivity contribution in [3.8, 4) is 0 Å². The number of hydrogen-bond donors (Lipinski definition) is 0. The van der Waals surface area contributed by atoms with Gasteiger partial charge in [-0.2, -0.15) is 0 Å². The lowest BCUT2D eigenvalue weighted by atomic mass is 10.0. The van der Waals surface area contributed by atoms with Gasteiger partial charge in [0.2, 0.25) is 11.8 Å². The number of piperazine rings is 1. The fraction of sp³-hybridized carbons (Fsp3) is 0.750. The van der Waals surface area contributed by atoms with Crippen molar-refractivity contribution in [2.24, 2.45) is 5.92 Å². The second-order valence-electron chi connectivity index (χ2n) is 5.91. The van der Waals surface area contributed by atoms with Crippen molar-refractivity contribution >= 4 is 23.8 Å². The summed E-state index contributed by atoms with van der Waals surface area (Å²) in [5, 5.41) is 0. The van der Waals surface area contributed by atoms with Gasteiger partial charge in [0, 0.05) is 0 Å². The summed E-state index contributed by atoms with van der Waals surface area (Å²) in [6.07, 6.45) is 0. The Hall–Kier alpha value is -2.12. The smallest absolute Gasteiger partial charge is 0.329 e. The Bertz CT molecular complexity index is 505. The third kappa shape index (κ3) is 4.46. The molecule has 8 nitrogen and oxygen atoms in total. The number of hydrogen-bond acceptors (Lipinski definition) is 6. The molecule has 0 unspecified atom stereocenters. The third-order valence-electron chi connectivity index (χ3n) is 3.84. The number of nitrogens with zero attached hydrogens (tertiary/aromatic N) is 2. The van der Waals surface area contributed by atoms with E-state index < -0.39 is 35.8 Å². The van der Waals surface area contributed by atoms with E-state index in [2.05, 4.69) is 0 Å². The van der Waals surface area contributed by atoms with Gasteiger partial charge in [0.1, 0.15) is 25.2 Å². The monoisotopic (exact) mass is 342 g/mol. The van der Waals surface area contributed by atoms with Gasteiger partial charge >= 0.3 is 11.9 Å². The van der Waals surface area contributed by atoms with Crippen LogP contribution in [0, 0.1) is 5.92 Å². The SMILES string of the molecule is CCOC(=O)[C@H](C(C)C)N1CC(=O)N([C@@H](C)C(=O)OCC)CC1=O. The number of ether oxygens (including phenoxy) is 2. The summed E-state index contributed by atoms with van der Waals surface area (Å²) in [6, 6.07) is -1.66. The van der Waals surface area contributed by atoms with Gasteiger partial charge in [0.15, 0.2) is 0 Å². The van der Waals surface area contributed by atoms with Crippen molar-refractivity contribution in [2.45, 2.75) is 46.7 Å². The first-order chi connectivity index (χ1) is 11.2. The Morgan fingerprint density at radius 3 is 1.88 bits per heavy atom. The van der Waals surface area contributed by atoms with Gasteiger partial charge in [-0.3, -0.25) is 9.59 Å². The van der Waals surface area contributed by atoms with Gasteiger partial charge in [-0.05, 0) is 26.7 Å². The van der Waals surface area contributed by atoms with Crippen molar-refractivity contribution in [3.05, 3.63) is 0 Å². The minimum absolute atomic E-state index is 0.198. The highest BCUT2D eigenvalue weighted by atomic mass is 16.5. The number of esters is 2. The van der Waals surface area contributed by atoms with Crippen molar-refractivity contribution in [2.75, 3.05) is 26.3 Å². The first kappa shape index (κ1) is 19.9. The Kier molecular flexibility index (Phi) is 7.18. The molecular formula is C16H26N2O6. The molecule has 0 N–H and O–H groups in total.